The summed E-state index contributed by atoms with van der Waals surface area (Å²) in [6.45, 7) is 7.96. The minimum Gasteiger partial charge on any atom is -0.394 e. The molecule has 8 heteroatoms. The van der Waals surface area contributed by atoms with Gasteiger partial charge >= 0.3 is 0 Å². The van der Waals surface area contributed by atoms with Gasteiger partial charge in [0.2, 0.25) is 0 Å². The lowest BCUT2D eigenvalue weighted by molar-refractivity contribution is 0.0754. The molecule has 0 bridgehead atoms. The zero-order valence-corrected chi connectivity index (χ0v) is 13.7. The molecule has 0 radical (unpaired) electrons. The number of aromatic nitrogens is 4. The Bertz CT molecular complexity index is 659. The Labute approximate surface area is 124 Å². The maximum absolute atomic E-state index is 12.3. The van der Waals surface area contributed by atoms with Crippen LogP contribution in [0, 0.1) is 0 Å². The zero-order chi connectivity index (χ0) is 15.5. The Hall–Kier alpha value is -1.51. The number of ether oxygens (including phenoxy) is 1. The van der Waals surface area contributed by atoms with Crippen LogP contribution in [-0.2, 0) is 18.0 Å². The second-order valence-electron chi connectivity index (χ2n) is 6.19. The molecule has 0 amide bonds. The molecular weight excluding hydrogens is 288 g/mol. The van der Waals surface area contributed by atoms with E-state index in [1.165, 1.54) is 10.9 Å². The molecule has 0 saturated heterocycles. The molecule has 0 aromatic carbocycles. The molecule has 116 valence electrons. The summed E-state index contributed by atoms with van der Waals surface area (Å²) in [5.41, 5.74) is 0.414. The molecule has 0 atom stereocenters. The largest absolute Gasteiger partial charge is 0.394 e. The van der Waals surface area contributed by atoms with E-state index in [1.54, 1.807) is 10.9 Å². The summed E-state index contributed by atoms with van der Waals surface area (Å²) in [6, 6.07) is 1.05. The van der Waals surface area contributed by atoms with Crippen molar-refractivity contribution in [1.29, 1.82) is 0 Å². The lowest BCUT2D eigenvalue weighted by Gasteiger charge is -2.15. The molecule has 0 spiro atoms. The van der Waals surface area contributed by atoms with E-state index in [4.69, 9.17) is 9.84 Å². The summed E-state index contributed by atoms with van der Waals surface area (Å²) in [4.78, 5) is 12.3. The lowest BCUT2D eigenvalue weighted by Crippen LogP contribution is -2.26. The fraction of sp³-hybridized carbons (Fsp3) is 0.615. The maximum Gasteiger partial charge on any atom is 0.280 e. The minimum atomic E-state index is -1.13. The highest BCUT2D eigenvalue weighted by molar-refractivity contribution is 6.76. The number of rotatable bonds is 7. The first-order valence-corrected chi connectivity index (χ1v) is 10.7. The molecule has 1 N–H and O–H groups in total. The molecule has 2 aromatic heterocycles. The second-order valence-corrected chi connectivity index (χ2v) is 11.8. The van der Waals surface area contributed by atoms with Crippen molar-refractivity contribution in [3.8, 4) is 0 Å². The molecule has 21 heavy (non-hydrogen) atoms. The monoisotopic (exact) mass is 310 g/mol. The molecular formula is C13H22N4O3Si. The average molecular weight is 310 g/mol. The van der Waals surface area contributed by atoms with Crippen molar-refractivity contribution in [3.05, 3.63) is 22.7 Å². The highest BCUT2D eigenvalue weighted by atomic mass is 28.3. The summed E-state index contributed by atoms with van der Waals surface area (Å²) >= 11 is 0. The zero-order valence-electron chi connectivity index (χ0n) is 12.7. The molecule has 2 rings (SSSR count). The van der Waals surface area contributed by atoms with E-state index in [0.29, 0.717) is 24.1 Å². The van der Waals surface area contributed by atoms with Crippen molar-refractivity contribution in [1.82, 2.24) is 19.6 Å². The highest BCUT2D eigenvalue weighted by Crippen LogP contribution is 2.09. The quantitative estimate of drug-likeness (QED) is 0.607. The Balaban J connectivity index is 2.08. The van der Waals surface area contributed by atoms with Gasteiger partial charge in [0.1, 0.15) is 6.73 Å². The van der Waals surface area contributed by atoms with Crippen LogP contribution >= 0.6 is 0 Å². The van der Waals surface area contributed by atoms with Crippen LogP contribution in [-0.4, -0.2) is 46.0 Å². The van der Waals surface area contributed by atoms with Crippen LogP contribution < -0.4 is 5.56 Å². The Morgan fingerprint density at radius 2 is 1.95 bits per heavy atom. The predicted molar refractivity (Wildman–Crippen MR) is 83.0 cm³/mol. The third-order valence-electron chi connectivity index (χ3n) is 3.19. The van der Waals surface area contributed by atoms with Gasteiger partial charge in [-0.05, 0) is 6.04 Å². The van der Waals surface area contributed by atoms with Gasteiger partial charge in [-0.1, -0.05) is 19.6 Å². The number of hydrogen-bond donors (Lipinski definition) is 1. The summed E-state index contributed by atoms with van der Waals surface area (Å²) < 4.78 is 8.42. The Morgan fingerprint density at radius 1 is 1.24 bits per heavy atom. The van der Waals surface area contributed by atoms with E-state index in [9.17, 15) is 4.79 Å². The fourth-order valence-corrected chi connectivity index (χ4v) is 2.66. The number of hydrogen-bond acceptors (Lipinski definition) is 5. The van der Waals surface area contributed by atoms with Crippen molar-refractivity contribution in [2.75, 3.05) is 13.2 Å². The van der Waals surface area contributed by atoms with E-state index < -0.39 is 8.07 Å². The maximum atomic E-state index is 12.3. The summed E-state index contributed by atoms with van der Waals surface area (Å²) in [7, 11) is -1.13. The SMILES string of the molecule is C[Si](C)(C)CCOCn1ncc2c(cnn2CCO)c1=O. The minimum absolute atomic E-state index is 0.0281. The molecule has 2 aromatic rings. The van der Waals surface area contributed by atoms with Gasteiger partial charge in [-0.25, -0.2) is 4.68 Å². The van der Waals surface area contributed by atoms with E-state index >= 15 is 0 Å². The first kappa shape index (κ1) is 15.9. The van der Waals surface area contributed by atoms with Crippen molar-refractivity contribution < 1.29 is 9.84 Å². The highest BCUT2D eigenvalue weighted by Gasteiger charge is 2.13. The van der Waals surface area contributed by atoms with Crippen molar-refractivity contribution in [3.63, 3.8) is 0 Å². The van der Waals surface area contributed by atoms with Gasteiger partial charge < -0.3 is 9.84 Å². The third-order valence-corrected chi connectivity index (χ3v) is 4.89. The first-order chi connectivity index (χ1) is 9.92. The summed E-state index contributed by atoms with van der Waals surface area (Å²) in [5.74, 6) is 0. The smallest absolute Gasteiger partial charge is 0.280 e. The molecule has 0 aliphatic heterocycles. The van der Waals surface area contributed by atoms with E-state index in [-0.39, 0.29) is 18.9 Å². The number of fused-ring (bicyclic) bond motifs is 1. The molecule has 0 fully saturated rings. The molecule has 0 saturated carbocycles. The van der Waals surface area contributed by atoms with E-state index in [0.717, 1.165) is 6.04 Å². The predicted octanol–water partition coefficient (Wildman–Crippen LogP) is 0.898. The van der Waals surface area contributed by atoms with Gasteiger partial charge in [-0.2, -0.15) is 10.2 Å². The van der Waals surface area contributed by atoms with Crippen LogP contribution in [0.2, 0.25) is 25.7 Å². The summed E-state index contributed by atoms with van der Waals surface area (Å²) in [6.07, 6.45) is 3.09. The topological polar surface area (TPSA) is 82.2 Å². The van der Waals surface area contributed by atoms with Gasteiger partial charge in [-0.15, -0.1) is 0 Å². The first-order valence-electron chi connectivity index (χ1n) is 7.02. The number of aliphatic hydroxyl groups excluding tert-OH is 1. The van der Waals surface area contributed by atoms with Crippen LogP contribution in [0.25, 0.3) is 10.9 Å². The van der Waals surface area contributed by atoms with E-state index in [1.807, 2.05) is 0 Å². The molecule has 7 nitrogen and oxygen atoms in total. The van der Waals surface area contributed by atoms with Crippen LogP contribution in [0.1, 0.15) is 0 Å². The van der Waals surface area contributed by atoms with Crippen molar-refractivity contribution in [2.45, 2.75) is 39.0 Å². The van der Waals surface area contributed by atoms with E-state index in [2.05, 4.69) is 29.8 Å². The Kier molecular flexibility index (Phi) is 4.91. The molecule has 0 aliphatic rings. The van der Waals surface area contributed by atoms with Gasteiger partial charge in [0.05, 0.1) is 36.4 Å². The molecule has 2 heterocycles. The van der Waals surface area contributed by atoms with Crippen molar-refractivity contribution >= 4 is 19.0 Å². The van der Waals surface area contributed by atoms with Gasteiger partial charge in [0.25, 0.3) is 5.56 Å². The van der Waals surface area contributed by atoms with Crippen LogP contribution in [0.4, 0.5) is 0 Å². The number of aliphatic hydroxyl groups is 1. The van der Waals surface area contributed by atoms with Gasteiger partial charge in [0, 0.05) is 14.7 Å². The lowest BCUT2D eigenvalue weighted by atomic mass is 10.4. The normalized spacial score (nSPS) is 12.2. The molecule has 0 unspecified atom stereocenters. The third kappa shape index (κ3) is 3.99. The van der Waals surface area contributed by atoms with Crippen LogP contribution in [0.5, 0.6) is 0 Å². The van der Waals surface area contributed by atoms with Crippen molar-refractivity contribution in [2.24, 2.45) is 0 Å². The van der Waals surface area contributed by atoms with Crippen LogP contribution in [0.3, 0.4) is 0 Å². The average Bonchev–Trinajstić information content (AvgIpc) is 2.80. The standard InChI is InChI=1S/C13H22N4O3Si/c1-21(2,3)7-6-20-10-17-13(19)11-8-14-16(4-5-18)12(11)9-15-17/h8-9,18H,4-7,10H2,1-3H3. The second kappa shape index (κ2) is 6.50. The number of nitrogens with zero attached hydrogens (tertiary/aromatic N) is 4. The summed E-state index contributed by atoms with van der Waals surface area (Å²) in [5, 5.41) is 17.6. The fourth-order valence-electron chi connectivity index (χ4n) is 1.91. The van der Waals surface area contributed by atoms with Crippen LogP contribution in [0.15, 0.2) is 17.2 Å². The Morgan fingerprint density at radius 3 is 2.62 bits per heavy atom. The van der Waals surface area contributed by atoms with Gasteiger partial charge in [-0.3, -0.25) is 9.48 Å². The van der Waals surface area contributed by atoms with Gasteiger partial charge in [0.15, 0.2) is 0 Å². The molecule has 0 aliphatic carbocycles.